The molecular weight excluding hydrogens is 246 g/mol. The molecule has 0 aliphatic rings. The Morgan fingerprint density at radius 2 is 1.80 bits per heavy atom. The number of rotatable bonds is 9. The predicted octanol–water partition coefficient (Wildman–Crippen LogP) is 4.95. The summed E-state index contributed by atoms with van der Waals surface area (Å²) in [6.45, 7) is 11.9. The molecule has 0 saturated carbocycles. The Labute approximate surface area is 124 Å². The van der Waals surface area contributed by atoms with Crippen molar-refractivity contribution >= 4 is 0 Å². The molecule has 0 radical (unpaired) electrons. The van der Waals surface area contributed by atoms with Gasteiger partial charge in [-0.2, -0.15) is 0 Å². The second-order valence-electron chi connectivity index (χ2n) is 5.77. The molecule has 0 aliphatic carbocycles. The first-order chi connectivity index (χ1) is 9.60. The fourth-order valence-corrected chi connectivity index (χ4v) is 2.62. The van der Waals surface area contributed by atoms with Gasteiger partial charge in [-0.1, -0.05) is 45.7 Å². The van der Waals surface area contributed by atoms with E-state index >= 15 is 0 Å². The summed E-state index contributed by atoms with van der Waals surface area (Å²) in [6.07, 6.45) is 3.93. The van der Waals surface area contributed by atoms with Gasteiger partial charge in [-0.3, -0.25) is 0 Å². The number of nitrogens with one attached hydrogen (secondary N) is 1. The van der Waals surface area contributed by atoms with E-state index in [1.54, 1.807) is 0 Å². The lowest BCUT2D eigenvalue weighted by atomic mass is 9.91. The van der Waals surface area contributed by atoms with Gasteiger partial charge in [0.25, 0.3) is 0 Å². The van der Waals surface area contributed by atoms with Crippen molar-refractivity contribution in [2.45, 2.75) is 66.0 Å². The maximum Gasteiger partial charge on any atom is 0.120 e. The van der Waals surface area contributed by atoms with Gasteiger partial charge in [0.05, 0.1) is 6.10 Å². The second kappa shape index (κ2) is 9.02. The van der Waals surface area contributed by atoms with E-state index in [-0.39, 0.29) is 6.10 Å². The molecule has 0 fully saturated rings. The Bertz CT molecular complexity index is 371. The molecule has 0 amide bonds. The minimum absolute atomic E-state index is 0.224. The Kier molecular flexibility index (Phi) is 7.68. The first-order valence-electron chi connectivity index (χ1n) is 8.10. The Morgan fingerprint density at radius 3 is 2.35 bits per heavy atom. The predicted molar refractivity (Wildman–Crippen MR) is 87.3 cm³/mol. The third-order valence-electron chi connectivity index (χ3n) is 3.81. The first kappa shape index (κ1) is 17.0. The van der Waals surface area contributed by atoms with Crippen LogP contribution >= 0.6 is 0 Å². The van der Waals surface area contributed by atoms with Crippen LogP contribution < -0.4 is 10.1 Å². The van der Waals surface area contributed by atoms with Crippen molar-refractivity contribution < 1.29 is 4.74 Å². The second-order valence-corrected chi connectivity index (χ2v) is 5.77. The van der Waals surface area contributed by atoms with Gasteiger partial charge in [-0.05, 0) is 50.4 Å². The van der Waals surface area contributed by atoms with Crippen molar-refractivity contribution in [3.63, 3.8) is 0 Å². The van der Waals surface area contributed by atoms with E-state index in [0.29, 0.717) is 6.04 Å². The molecule has 1 rings (SSSR count). The third kappa shape index (κ3) is 5.54. The largest absolute Gasteiger partial charge is 0.491 e. The molecule has 1 N–H and O–H groups in total. The standard InChI is InChI=1S/C18H31NO/c1-6-15(7-2)12-18(19-8-3)16-10-9-11-17(13-16)20-14(4)5/h9-11,13-15,18-19H,6-8,12H2,1-5H3. The first-order valence-corrected chi connectivity index (χ1v) is 8.10. The van der Waals surface area contributed by atoms with Crippen molar-refractivity contribution in [2.75, 3.05) is 6.54 Å². The van der Waals surface area contributed by atoms with Gasteiger partial charge in [0.2, 0.25) is 0 Å². The zero-order valence-corrected chi connectivity index (χ0v) is 13.8. The van der Waals surface area contributed by atoms with Crippen LogP contribution in [0.1, 0.15) is 65.5 Å². The maximum atomic E-state index is 5.81. The Hall–Kier alpha value is -1.02. The normalized spacial score (nSPS) is 12.9. The minimum Gasteiger partial charge on any atom is -0.491 e. The molecule has 1 atom stereocenters. The smallest absolute Gasteiger partial charge is 0.120 e. The molecular formula is C18H31NO. The summed E-state index contributed by atoms with van der Waals surface area (Å²) in [7, 11) is 0. The highest BCUT2D eigenvalue weighted by atomic mass is 16.5. The molecule has 1 aromatic carbocycles. The minimum atomic E-state index is 0.224. The fourth-order valence-electron chi connectivity index (χ4n) is 2.62. The SMILES string of the molecule is CCNC(CC(CC)CC)c1cccc(OC(C)C)c1. The van der Waals surface area contributed by atoms with Crippen LogP contribution in [0.5, 0.6) is 5.75 Å². The van der Waals surface area contributed by atoms with Crippen molar-refractivity contribution in [2.24, 2.45) is 5.92 Å². The number of benzene rings is 1. The van der Waals surface area contributed by atoms with E-state index in [4.69, 9.17) is 4.74 Å². The van der Waals surface area contributed by atoms with E-state index in [1.807, 2.05) is 6.07 Å². The summed E-state index contributed by atoms with van der Waals surface area (Å²) >= 11 is 0. The highest BCUT2D eigenvalue weighted by Gasteiger charge is 2.16. The van der Waals surface area contributed by atoms with Crippen LogP contribution in [-0.4, -0.2) is 12.6 Å². The van der Waals surface area contributed by atoms with Gasteiger partial charge in [0.15, 0.2) is 0 Å². The summed E-state index contributed by atoms with van der Waals surface area (Å²) in [5.41, 5.74) is 1.34. The monoisotopic (exact) mass is 277 g/mol. The highest BCUT2D eigenvalue weighted by Crippen LogP contribution is 2.27. The van der Waals surface area contributed by atoms with Crippen molar-refractivity contribution in [1.82, 2.24) is 5.32 Å². The van der Waals surface area contributed by atoms with Gasteiger partial charge in [0.1, 0.15) is 5.75 Å². The molecule has 114 valence electrons. The van der Waals surface area contributed by atoms with Crippen LogP contribution in [0.25, 0.3) is 0 Å². The fraction of sp³-hybridized carbons (Fsp3) is 0.667. The van der Waals surface area contributed by atoms with E-state index in [0.717, 1.165) is 18.2 Å². The quantitative estimate of drug-likeness (QED) is 0.689. The average molecular weight is 277 g/mol. The lowest BCUT2D eigenvalue weighted by Crippen LogP contribution is -2.23. The van der Waals surface area contributed by atoms with Gasteiger partial charge in [-0.25, -0.2) is 0 Å². The third-order valence-corrected chi connectivity index (χ3v) is 3.81. The summed E-state index contributed by atoms with van der Waals surface area (Å²) < 4.78 is 5.81. The van der Waals surface area contributed by atoms with Crippen molar-refractivity contribution in [1.29, 1.82) is 0 Å². The van der Waals surface area contributed by atoms with Crippen LogP contribution in [0.15, 0.2) is 24.3 Å². The van der Waals surface area contributed by atoms with E-state index < -0.39 is 0 Å². The van der Waals surface area contributed by atoms with Crippen molar-refractivity contribution in [3.05, 3.63) is 29.8 Å². The molecule has 0 saturated heterocycles. The zero-order chi connectivity index (χ0) is 15.0. The van der Waals surface area contributed by atoms with Crippen LogP contribution in [0.2, 0.25) is 0 Å². The van der Waals surface area contributed by atoms with Crippen LogP contribution in [0.4, 0.5) is 0 Å². The van der Waals surface area contributed by atoms with Gasteiger partial charge in [-0.15, -0.1) is 0 Å². The molecule has 20 heavy (non-hydrogen) atoms. The molecule has 0 aromatic heterocycles. The highest BCUT2D eigenvalue weighted by molar-refractivity contribution is 5.30. The van der Waals surface area contributed by atoms with E-state index in [9.17, 15) is 0 Å². The Morgan fingerprint density at radius 1 is 1.10 bits per heavy atom. The van der Waals surface area contributed by atoms with Crippen LogP contribution in [0.3, 0.4) is 0 Å². The maximum absolute atomic E-state index is 5.81. The zero-order valence-electron chi connectivity index (χ0n) is 13.8. The summed E-state index contributed by atoms with van der Waals surface area (Å²) in [4.78, 5) is 0. The summed E-state index contributed by atoms with van der Waals surface area (Å²) in [5, 5.41) is 3.62. The van der Waals surface area contributed by atoms with Gasteiger partial charge in [0, 0.05) is 6.04 Å². The molecule has 1 aromatic rings. The average Bonchev–Trinajstić information content (AvgIpc) is 2.43. The molecule has 0 aliphatic heterocycles. The summed E-state index contributed by atoms with van der Waals surface area (Å²) in [5.74, 6) is 1.76. The molecule has 0 spiro atoms. The van der Waals surface area contributed by atoms with Crippen LogP contribution in [-0.2, 0) is 0 Å². The Balaban J connectivity index is 2.84. The lowest BCUT2D eigenvalue weighted by molar-refractivity contribution is 0.242. The molecule has 0 bridgehead atoms. The summed E-state index contributed by atoms with van der Waals surface area (Å²) in [6, 6.07) is 8.98. The van der Waals surface area contributed by atoms with Gasteiger partial charge >= 0.3 is 0 Å². The topological polar surface area (TPSA) is 21.3 Å². The molecule has 2 nitrogen and oxygen atoms in total. The number of ether oxygens (including phenoxy) is 1. The van der Waals surface area contributed by atoms with Crippen LogP contribution in [0, 0.1) is 5.92 Å². The molecule has 1 unspecified atom stereocenters. The lowest BCUT2D eigenvalue weighted by Gasteiger charge is -2.24. The molecule has 0 heterocycles. The number of hydrogen-bond acceptors (Lipinski definition) is 2. The molecule has 2 heteroatoms. The van der Waals surface area contributed by atoms with E-state index in [2.05, 4.69) is 58.1 Å². The van der Waals surface area contributed by atoms with E-state index in [1.165, 1.54) is 24.8 Å². The number of hydrogen-bond donors (Lipinski definition) is 1. The van der Waals surface area contributed by atoms with Crippen molar-refractivity contribution in [3.8, 4) is 5.75 Å². The van der Waals surface area contributed by atoms with Gasteiger partial charge < -0.3 is 10.1 Å².